The van der Waals surface area contributed by atoms with Gasteiger partial charge in [-0.15, -0.1) is 0 Å². The molecule has 1 amide bonds. The SMILES string of the molecule is Cc1cncc(COC[C@]23CCC[C@H]2CN(C(=O)c2ccccn2)C3)c1. The summed E-state index contributed by atoms with van der Waals surface area (Å²) in [5.74, 6) is 0.577. The number of fused-ring (bicyclic) bond motifs is 1. The van der Waals surface area contributed by atoms with Crippen LogP contribution in [0.15, 0.2) is 42.9 Å². The van der Waals surface area contributed by atoms with Crippen LogP contribution in [0.3, 0.4) is 0 Å². The summed E-state index contributed by atoms with van der Waals surface area (Å²) >= 11 is 0. The van der Waals surface area contributed by atoms with Crippen LogP contribution in [0, 0.1) is 18.3 Å². The van der Waals surface area contributed by atoms with Gasteiger partial charge in [0.1, 0.15) is 5.69 Å². The summed E-state index contributed by atoms with van der Waals surface area (Å²) < 4.78 is 6.10. The Kier molecular flexibility index (Phi) is 4.72. The second kappa shape index (κ2) is 7.16. The second-order valence-electron chi connectivity index (χ2n) is 7.72. The zero-order valence-electron chi connectivity index (χ0n) is 15.2. The molecule has 1 aliphatic heterocycles. The highest BCUT2D eigenvalue weighted by Gasteiger charge is 2.50. The van der Waals surface area contributed by atoms with E-state index in [0.29, 0.717) is 24.8 Å². The second-order valence-corrected chi connectivity index (χ2v) is 7.72. The highest BCUT2D eigenvalue weighted by molar-refractivity contribution is 5.92. The first-order valence-corrected chi connectivity index (χ1v) is 9.35. The maximum Gasteiger partial charge on any atom is 0.272 e. The first kappa shape index (κ1) is 17.2. The van der Waals surface area contributed by atoms with Gasteiger partial charge in [-0.05, 0) is 48.9 Å². The molecule has 0 radical (unpaired) electrons. The Morgan fingerprint density at radius 1 is 1.38 bits per heavy atom. The van der Waals surface area contributed by atoms with E-state index in [1.165, 1.54) is 12.8 Å². The smallest absolute Gasteiger partial charge is 0.272 e. The third kappa shape index (κ3) is 3.36. The summed E-state index contributed by atoms with van der Waals surface area (Å²) in [6.45, 7) is 4.93. The molecule has 2 aliphatic rings. The molecule has 0 bridgehead atoms. The Hall–Kier alpha value is -2.27. The van der Waals surface area contributed by atoms with Crippen molar-refractivity contribution >= 4 is 5.91 Å². The van der Waals surface area contributed by atoms with Gasteiger partial charge in [0.15, 0.2) is 0 Å². The number of hydrogen-bond donors (Lipinski definition) is 0. The summed E-state index contributed by atoms with van der Waals surface area (Å²) in [6.07, 6.45) is 8.94. The molecule has 0 unspecified atom stereocenters. The van der Waals surface area contributed by atoms with Gasteiger partial charge in [-0.25, -0.2) is 0 Å². The molecule has 2 aromatic rings. The van der Waals surface area contributed by atoms with Gasteiger partial charge in [0.25, 0.3) is 5.91 Å². The van der Waals surface area contributed by atoms with Crippen LogP contribution >= 0.6 is 0 Å². The van der Waals surface area contributed by atoms with Crippen LogP contribution < -0.4 is 0 Å². The van der Waals surface area contributed by atoms with Crippen LogP contribution in [0.2, 0.25) is 0 Å². The first-order chi connectivity index (χ1) is 12.7. The molecule has 1 aliphatic carbocycles. The zero-order valence-corrected chi connectivity index (χ0v) is 15.2. The van der Waals surface area contributed by atoms with E-state index in [0.717, 1.165) is 30.6 Å². The maximum atomic E-state index is 12.8. The normalized spacial score (nSPS) is 24.7. The minimum atomic E-state index is 0.0438. The largest absolute Gasteiger partial charge is 0.376 e. The Labute approximate surface area is 154 Å². The molecular weight excluding hydrogens is 326 g/mol. The molecule has 3 heterocycles. The molecule has 2 aromatic heterocycles. The minimum absolute atomic E-state index is 0.0438. The third-order valence-electron chi connectivity index (χ3n) is 5.80. The molecule has 1 saturated heterocycles. The van der Waals surface area contributed by atoms with Gasteiger partial charge in [0.05, 0.1) is 13.2 Å². The molecule has 0 aromatic carbocycles. The molecule has 136 valence electrons. The quantitative estimate of drug-likeness (QED) is 0.830. The Bertz CT molecular complexity index is 780. The van der Waals surface area contributed by atoms with Crippen molar-refractivity contribution in [3.8, 4) is 0 Å². The zero-order chi connectivity index (χ0) is 18.0. The Morgan fingerprint density at radius 2 is 2.31 bits per heavy atom. The average molecular weight is 351 g/mol. The van der Waals surface area contributed by atoms with Crippen molar-refractivity contribution in [1.29, 1.82) is 0 Å². The number of carbonyl (C=O) groups excluding carboxylic acids is 1. The Balaban J connectivity index is 1.41. The molecule has 0 N–H and O–H groups in total. The average Bonchev–Trinajstić information content (AvgIpc) is 3.19. The van der Waals surface area contributed by atoms with Gasteiger partial charge in [-0.2, -0.15) is 0 Å². The number of aromatic nitrogens is 2. The first-order valence-electron chi connectivity index (χ1n) is 9.35. The van der Waals surface area contributed by atoms with Crippen molar-refractivity contribution in [1.82, 2.24) is 14.9 Å². The van der Waals surface area contributed by atoms with Crippen LogP contribution in [-0.4, -0.2) is 40.5 Å². The van der Waals surface area contributed by atoms with E-state index in [9.17, 15) is 4.79 Å². The molecule has 2 atom stereocenters. The van der Waals surface area contributed by atoms with Gasteiger partial charge >= 0.3 is 0 Å². The van der Waals surface area contributed by atoms with Crippen LogP contribution in [0.1, 0.15) is 40.9 Å². The summed E-state index contributed by atoms with van der Waals surface area (Å²) in [7, 11) is 0. The minimum Gasteiger partial charge on any atom is -0.376 e. The lowest BCUT2D eigenvalue weighted by Gasteiger charge is -2.28. The molecule has 4 rings (SSSR count). The standard InChI is InChI=1S/C21H25N3O2/c1-16-9-17(11-22-10-16)13-26-15-21-7-4-5-18(21)12-24(14-21)20(25)19-6-2-3-8-23-19/h2-3,6,8-11,18H,4-5,7,12-15H2,1H3/t18-,21+/m0/s1. The monoisotopic (exact) mass is 351 g/mol. The highest BCUT2D eigenvalue weighted by Crippen LogP contribution is 2.49. The van der Waals surface area contributed by atoms with Crippen molar-refractivity contribution in [2.75, 3.05) is 19.7 Å². The van der Waals surface area contributed by atoms with E-state index in [-0.39, 0.29) is 11.3 Å². The lowest BCUT2D eigenvalue weighted by Crippen LogP contribution is -2.35. The molecule has 2 fully saturated rings. The fraction of sp³-hybridized carbons (Fsp3) is 0.476. The number of rotatable bonds is 5. The van der Waals surface area contributed by atoms with Crippen LogP contribution in [-0.2, 0) is 11.3 Å². The van der Waals surface area contributed by atoms with Gasteiger partial charge in [-0.1, -0.05) is 18.6 Å². The van der Waals surface area contributed by atoms with Crippen LogP contribution in [0.5, 0.6) is 0 Å². The number of hydrogen-bond acceptors (Lipinski definition) is 4. The lowest BCUT2D eigenvalue weighted by molar-refractivity contribution is 0.0264. The van der Waals surface area contributed by atoms with E-state index in [4.69, 9.17) is 4.74 Å². The summed E-state index contributed by atoms with van der Waals surface area (Å²) in [5.41, 5.74) is 2.89. The number of aryl methyl sites for hydroxylation is 1. The molecule has 0 spiro atoms. The van der Waals surface area contributed by atoms with Crippen LogP contribution in [0.4, 0.5) is 0 Å². The molecule has 26 heavy (non-hydrogen) atoms. The van der Waals surface area contributed by atoms with E-state index in [2.05, 4.69) is 16.0 Å². The number of likely N-dealkylation sites (tertiary alicyclic amines) is 1. The number of ether oxygens (including phenoxy) is 1. The number of amides is 1. The predicted molar refractivity (Wildman–Crippen MR) is 98.5 cm³/mol. The molecule has 5 heteroatoms. The fourth-order valence-electron chi connectivity index (χ4n) is 4.52. The fourth-order valence-corrected chi connectivity index (χ4v) is 4.52. The van der Waals surface area contributed by atoms with Gasteiger partial charge in [0, 0.05) is 37.1 Å². The van der Waals surface area contributed by atoms with E-state index in [1.807, 2.05) is 36.4 Å². The summed E-state index contributed by atoms with van der Waals surface area (Å²) in [5, 5.41) is 0. The topological polar surface area (TPSA) is 55.3 Å². The summed E-state index contributed by atoms with van der Waals surface area (Å²) in [6, 6.07) is 7.61. The number of carbonyl (C=O) groups is 1. The predicted octanol–water partition coefficient (Wildman–Crippen LogP) is 3.24. The van der Waals surface area contributed by atoms with Crippen molar-refractivity contribution in [3.63, 3.8) is 0 Å². The molecule has 1 saturated carbocycles. The Morgan fingerprint density at radius 3 is 3.12 bits per heavy atom. The van der Waals surface area contributed by atoms with E-state index < -0.39 is 0 Å². The van der Waals surface area contributed by atoms with Gasteiger partial charge in [-0.3, -0.25) is 14.8 Å². The highest BCUT2D eigenvalue weighted by atomic mass is 16.5. The van der Waals surface area contributed by atoms with E-state index in [1.54, 1.807) is 12.3 Å². The van der Waals surface area contributed by atoms with Crippen molar-refractivity contribution < 1.29 is 9.53 Å². The van der Waals surface area contributed by atoms with Crippen molar-refractivity contribution in [2.45, 2.75) is 32.8 Å². The number of nitrogens with zero attached hydrogens (tertiary/aromatic N) is 3. The summed E-state index contributed by atoms with van der Waals surface area (Å²) in [4.78, 5) is 23.2. The van der Waals surface area contributed by atoms with Crippen molar-refractivity contribution in [2.24, 2.45) is 11.3 Å². The molecular formula is C21H25N3O2. The van der Waals surface area contributed by atoms with Crippen LogP contribution in [0.25, 0.3) is 0 Å². The van der Waals surface area contributed by atoms with Crippen molar-refractivity contribution in [3.05, 3.63) is 59.7 Å². The number of pyridine rings is 2. The molecule has 5 nitrogen and oxygen atoms in total. The van der Waals surface area contributed by atoms with E-state index >= 15 is 0 Å². The maximum absolute atomic E-state index is 12.8. The van der Waals surface area contributed by atoms with Gasteiger partial charge in [0.2, 0.25) is 0 Å². The third-order valence-corrected chi connectivity index (χ3v) is 5.80. The van der Waals surface area contributed by atoms with Gasteiger partial charge < -0.3 is 9.64 Å². The lowest BCUT2D eigenvalue weighted by atomic mass is 9.81.